The number of nitrogens with one attached hydrogen (secondary N) is 1. The van der Waals surface area contributed by atoms with Crippen molar-refractivity contribution in [2.45, 2.75) is 6.04 Å². The summed E-state index contributed by atoms with van der Waals surface area (Å²) in [5.74, 6) is 1.58. The Labute approximate surface area is 153 Å². The number of halogens is 1. The largest absolute Gasteiger partial charge is 0.493 e. The van der Waals surface area contributed by atoms with Crippen molar-refractivity contribution in [1.29, 1.82) is 0 Å². The summed E-state index contributed by atoms with van der Waals surface area (Å²) >= 11 is 0. The molecular weight excluding hydrogens is 335 g/mol. The van der Waals surface area contributed by atoms with E-state index in [-0.39, 0.29) is 11.9 Å². The van der Waals surface area contributed by atoms with Crippen molar-refractivity contribution in [1.82, 2.24) is 10.2 Å². The second-order valence-corrected chi connectivity index (χ2v) is 6.16. The molecule has 3 rings (SSSR count). The lowest BCUT2D eigenvalue weighted by Crippen LogP contribution is -2.45. The molecule has 1 aliphatic rings. The minimum atomic E-state index is -0.243. The molecular formula is C20H25FN2O3. The minimum Gasteiger partial charge on any atom is -0.493 e. The number of hydrogen-bond acceptors (Lipinski definition) is 5. The van der Waals surface area contributed by atoms with Gasteiger partial charge in [-0.05, 0) is 29.8 Å². The number of ether oxygens (including phenoxy) is 3. The Morgan fingerprint density at radius 3 is 2.12 bits per heavy atom. The fraction of sp³-hybridized carbons (Fsp3) is 0.400. The van der Waals surface area contributed by atoms with Gasteiger partial charge >= 0.3 is 0 Å². The molecule has 6 heteroatoms. The first-order chi connectivity index (χ1) is 12.7. The van der Waals surface area contributed by atoms with Gasteiger partial charge in [0.25, 0.3) is 0 Å². The molecule has 140 valence electrons. The first-order valence-electron chi connectivity index (χ1n) is 8.68. The molecule has 1 N–H and O–H groups in total. The highest BCUT2D eigenvalue weighted by Crippen LogP contribution is 2.45. The zero-order chi connectivity index (χ0) is 18.5. The fourth-order valence-corrected chi connectivity index (χ4v) is 3.51. The number of rotatable bonds is 6. The van der Waals surface area contributed by atoms with Crippen molar-refractivity contribution in [2.24, 2.45) is 0 Å². The van der Waals surface area contributed by atoms with Gasteiger partial charge in [0.1, 0.15) is 5.82 Å². The van der Waals surface area contributed by atoms with Crippen LogP contribution < -0.4 is 19.5 Å². The Kier molecular flexibility index (Phi) is 5.96. The number of methoxy groups -OCH3 is 3. The van der Waals surface area contributed by atoms with E-state index in [0.717, 1.165) is 37.3 Å². The van der Waals surface area contributed by atoms with Crippen molar-refractivity contribution in [2.75, 3.05) is 47.5 Å². The van der Waals surface area contributed by atoms with Crippen molar-refractivity contribution >= 4 is 0 Å². The van der Waals surface area contributed by atoms with E-state index in [1.165, 1.54) is 12.1 Å². The van der Waals surface area contributed by atoms with E-state index in [0.29, 0.717) is 17.2 Å². The topological polar surface area (TPSA) is 43.0 Å². The Balaban J connectivity index is 2.13. The summed E-state index contributed by atoms with van der Waals surface area (Å²) in [6.07, 6.45) is 0. The van der Waals surface area contributed by atoms with Crippen molar-refractivity contribution < 1.29 is 18.6 Å². The average molecular weight is 360 g/mol. The van der Waals surface area contributed by atoms with Gasteiger partial charge in [0, 0.05) is 31.7 Å². The molecule has 2 aromatic carbocycles. The molecule has 2 aromatic rings. The van der Waals surface area contributed by atoms with Gasteiger partial charge in [-0.15, -0.1) is 0 Å². The molecule has 1 fully saturated rings. The summed E-state index contributed by atoms with van der Waals surface area (Å²) in [7, 11) is 4.83. The maximum absolute atomic E-state index is 13.5. The third-order valence-electron chi connectivity index (χ3n) is 4.73. The van der Waals surface area contributed by atoms with Gasteiger partial charge < -0.3 is 19.5 Å². The van der Waals surface area contributed by atoms with E-state index < -0.39 is 0 Å². The van der Waals surface area contributed by atoms with Gasteiger partial charge in [0.2, 0.25) is 5.75 Å². The molecule has 1 aliphatic heterocycles. The first kappa shape index (κ1) is 18.5. The summed E-state index contributed by atoms with van der Waals surface area (Å²) in [5.41, 5.74) is 1.98. The highest BCUT2D eigenvalue weighted by atomic mass is 19.1. The van der Waals surface area contributed by atoms with Crippen molar-refractivity contribution in [3.8, 4) is 17.2 Å². The van der Waals surface area contributed by atoms with E-state index in [2.05, 4.69) is 10.2 Å². The highest BCUT2D eigenvalue weighted by molar-refractivity contribution is 5.58. The molecule has 0 spiro atoms. The van der Waals surface area contributed by atoms with E-state index in [9.17, 15) is 4.39 Å². The summed E-state index contributed by atoms with van der Waals surface area (Å²) in [5, 5.41) is 3.37. The molecule has 0 saturated carbocycles. The van der Waals surface area contributed by atoms with E-state index in [1.54, 1.807) is 21.3 Å². The zero-order valence-electron chi connectivity index (χ0n) is 15.4. The number of benzene rings is 2. The Bertz CT molecular complexity index is 731. The molecule has 0 amide bonds. The smallest absolute Gasteiger partial charge is 0.203 e. The normalized spacial score (nSPS) is 16.2. The molecule has 0 aromatic heterocycles. The van der Waals surface area contributed by atoms with Crippen LogP contribution in [-0.2, 0) is 0 Å². The maximum atomic E-state index is 13.5. The Hall–Kier alpha value is -2.31. The number of hydrogen-bond donors (Lipinski definition) is 1. The number of piperazine rings is 1. The predicted molar refractivity (Wildman–Crippen MR) is 98.8 cm³/mol. The van der Waals surface area contributed by atoms with Crippen LogP contribution in [-0.4, -0.2) is 52.4 Å². The average Bonchev–Trinajstić information content (AvgIpc) is 2.69. The molecule has 26 heavy (non-hydrogen) atoms. The van der Waals surface area contributed by atoms with E-state index >= 15 is 0 Å². The van der Waals surface area contributed by atoms with Gasteiger partial charge in [-0.2, -0.15) is 0 Å². The van der Waals surface area contributed by atoms with E-state index in [1.807, 2.05) is 24.3 Å². The van der Waals surface area contributed by atoms with Crippen LogP contribution in [0.2, 0.25) is 0 Å². The molecule has 5 nitrogen and oxygen atoms in total. The molecule has 0 aliphatic carbocycles. The second kappa shape index (κ2) is 8.38. The van der Waals surface area contributed by atoms with Gasteiger partial charge in [-0.3, -0.25) is 4.90 Å². The summed E-state index contributed by atoms with van der Waals surface area (Å²) in [6, 6.07) is 10.5. The van der Waals surface area contributed by atoms with Crippen LogP contribution in [0, 0.1) is 5.82 Å². The van der Waals surface area contributed by atoms with Gasteiger partial charge in [0.05, 0.1) is 27.4 Å². The van der Waals surface area contributed by atoms with Crippen LogP contribution in [0.1, 0.15) is 17.2 Å². The SMILES string of the molecule is COc1ccc(C(c2ccc(F)cc2)N2CCNCC2)c(OC)c1OC. The van der Waals surface area contributed by atoms with Crippen LogP contribution in [0.4, 0.5) is 4.39 Å². The second-order valence-electron chi connectivity index (χ2n) is 6.16. The first-order valence-corrected chi connectivity index (χ1v) is 8.68. The molecule has 0 radical (unpaired) electrons. The van der Waals surface area contributed by atoms with Crippen LogP contribution in [0.25, 0.3) is 0 Å². The number of nitrogens with zero attached hydrogens (tertiary/aromatic N) is 1. The quantitative estimate of drug-likeness (QED) is 0.858. The predicted octanol–water partition coefficient (Wildman–Crippen LogP) is 2.85. The molecule has 1 atom stereocenters. The lowest BCUT2D eigenvalue weighted by atomic mass is 9.95. The van der Waals surface area contributed by atoms with Crippen molar-refractivity contribution in [3.63, 3.8) is 0 Å². The lowest BCUT2D eigenvalue weighted by molar-refractivity contribution is 0.194. The minimum absolute atomic E-state index is 0.0625. The Morgan fingerprint density at radius 2 is 1.54 bits per heavy atom. The summed E-state index contributed by atoms with van der Waals surface area (Å²) < 4.78 is 30.1. The molecule has 1 heterocycles. The van der Waals surface area contributed by atoms with Crippen LogP contribution in [0.5, 0.6) is 17.2 Å². The molecule has 1 unspecified atom stereocenters. The van der Waals surface area contributed by atoms with Crippen LogP contribution in [0.15, 0.2) is 36.4 Å². The monoisotopic (exact) mass is 360 g/mol. The summed E-state index contributed by atoms with van der Waals surface area (Å²) in [6.45, 7) is 3.60. The summed E-state index contributed by atoms with van der Waals surface area (Å²) in [4.78, 5) is 2.37. The van der Waals surface area contributed by atoms with E-state index in [4.69, 9.17) is 14.2 Å². The Morgan fingerprint density at radius 1 is 0.885 bits per heavy atom. The van der Waals surface area contributed by atoms with Gasteiger partial charge in [-0.1, -0.05) is 12.1 Å². The van der Waals surface area contributed by atoms with Crippen LogP contribution in [0.3, 0.4) is 0 Å². The van der Waals surface area contributed by atoms with Gasteiger partial charge in [0.15, 0.2) is 11.5 Å². The van der Waals surface area contributed by atoms with Gasteiger partial charge in [-0.25, -0.2) is 4.39 Å². The third-order valence-corrected chi connectivity index (χ3v) is 4.73. The molecule has 1 saturated heterocycles. The third kappa shape index (κ3) is 3.61. The van der Waals surface area contributed by atoms with Crippen molar-refractivity contribution in [3.05, 3.63) is 53.3 Å². The molecule has 0 bridgehead atoms. The fourth-order valence-electron chi connectivity index (χ4n) is 3.51. The highest BCUT2D eigenvalue weighted by Gasteiger charge is 2.29. The zero-order valence-corrected chi connectivity index (χ0v) is 15.4. The van der Waals surface area contributed by atoms with Crippen LogP contribution >= 0.6 is 0 Å². The standard InChI is InChI=1S/C20H25FN2O3/c1-24-17-9-8-16(19(25-2)20(17)26-3)18(23-12-10-22-11-13-23)14-4-6-15(21)7-5-14/h4-9,18,22H,10-13H2,1-3H3. The lowest BCUT2D eigenvalue weighted by Gasteiger charge is -2.36. The maximum Gasteiger partial charge on any atom is 0.203 e.